The average molecular weight is 221 g/mol. The van der Waals surface area contributed by atoms with E-state index in [1.54, 1.807) is 18.2 Å². The molecule has 0 bridgehead atoms. The second-order valence-corrected chi connectivity index (χ2v) is 4.26. The molecule has 4 nitrogen and oxygen atoms in total. The zero-order valence-electron chi connectivity index (χ0n) is 9.13. The molecule has 0 aromatic heterocycles. The maximum Gasteiger partial charge on any atom is 0.309 e. The van der Waals surface area contributed by atoms with Gasteiger partial charge in [-0.2, -0.15) is 0 Å². The van der Waals surface area contributed by atoms with E-state index in [-0.39, 0.29) is 17.7 Å². The molecule has 2 N–H and O–H groups in total. The third kappa shape index (κ3) is 2.02. The Labute approximate surface area is 94.1 Å². The van der Waals surface area contributed by atoms with Crippen molar-refractivity contribution in [1.82, 2.24) is 4.90 Å². The molecule has 0 saturated carbocycles. The van der Waals surface area contributed by atoms with E-state index in [2.05, 4.69) is 4.90 Å². The monoisotopic (exact) mass is 221 g/mol. The van der Waals surface area contributed by atoms with Crippen molar-refractivity contribution in [3.8, 4) is 5.75 Å². The summed E-state index contributed by atoms with van der Waals surface area (Å²) >= 11 is 0. The molecule has 1 atom stereocenters. The molecular weight excluding hydrogens is 206 g/mol. The van der Waals surface area contributed by atoms with Gasteiger partial charge in [0, 0.05) is 19.1 Å². The molecule has 0 aliphatic carbocycles. The van der Waals surface area contributed by atoms with Crippen molar-refractivity contribution in [2.24, 2.45) is 5.92 Å². The van der Waals surface area contributed by atoms with Gasteiger partial charge in [0.2, 0.25) is 0 Å². The van der Waals surface area contributed by atoms with Crippen LogP contribution in [0.5, 0.6) is 5.75 Å². The van der Waals surface area contributed by atoms with Crippen molar-refractivity contribution >= 4 is 5.97 Å². The molecule has 1 unspecified atom stereocenters. The van der Waals surface area contributed by atoms with Gasteiger partial charge >= 0.3 is 5.97 Å². The lowest BCUT2D eigenvalue weighted by atomic mass is 9.95. The Morgan fingerprint density at radius 3 is 2.75 bits per heavy atom. The Morgan fingerprint density at radius 2 is 2.19 bits per heavy atom. The van der Waals surface area contributed by atoms with Crippen LogP contribution >= 0.6 is 0 Å². The Morgan fingerprint density at radius 1 is 1.50 bits per heavy atom. The summed E-state index contributed by atoms with van der Waals surface area (Å²) in [5, 5.41) is 18.1. The molecule has 1 aromatic rings. The van der Waals surface area contributed by atoms with Crippen molar-refractivity contribution in [2.75, 3.05) is 13.1 Å². The first-order chi connectivity index (χ1) is 7.58. The molecule has 0 spiro atoms. The normalized spacial score (nSPS) is 19.1. The van der Waals surface area contributed by atoms with Crippen LogP contribution in [0.1, 0.15) is 18.5 Å². The number of carboxylic acids is 1. The SMILES string of the molecule is CC(c1cccc(O)c1)N1CC(C(=O)O)C1. The minimum Gasteiger partial charge on any atom is -0.508 e. The Kier molecular flexibility index (Phi) is 2.83. The van der Waals surface area contributed by atoms with Gasteiger partial charge in [-0.15, -0.1) is 0 Å². The highest BCUT2D eigenvalue weighted by atomic mass is 16.4. The molecule has 0 amide bonds. The fraction of sp³-hybridized carbons (Fsp3) is 0.417. The lowest BCUT2D eigenvalue weighted by Gasteiger charge is -2.41. The zero-order valence-corrected chi connectivity index (χ0v) is 9.13. The number of aromatic hydroxyl groups is 1. The van der Waals surface area contributed by atoms with Crippen molar-refractivity contribution < 1.29 is 15.0 Å². The summed E-state index contributed by atoms with van der Waals surface area (Å²) in [6.07, 6.45) is 0. The lowest BCUT2D eigenvalue weighted by molar-refractivity contribution is -0.148. The second kappa shape index (κ2) is 4.14. The number of aliphatic carboxylic acids is 1. The van der Waals surface area contributed by atoms with E-state index < -0.39 is 5.97 Å². The van der Waals surface area contributed by atoms with E-state index in [9.17, 15) is 9.90 Å². The summed E-state index contributed by atoms with van der Waals surface area (Å²) in [5.41, 5.74) is 1.02. The first-order valence-electron chi connectivity index (χ1n) is 5.33. The number of phenolic OH excluding ortho intramolecular Hbond substituents is 1. The first-order valence-corrected chi connectivity index (χ1v) is 5.33. The third-order valence-electron chi connectivity index (χ3n) is 3.16. The number of likely N-dealkylation sites (tertiary alicyclic amines) is 1. The molecule has 1 aliphatic heterocycles. The Bertz CT molecular complexity index is 399. The van der Waals surface area contributed by atoms with Gasteiger partial charge in [-0.1, -0.05) is 12.1 Å². The molecule has 16 heavy (non-hydrogen) atoms. The van der Waals surface area contributed by atoms with Gasteiger partial charge in [-0.05, 0) is 24.6 Å². The number of nitrogens with zero attached hydrogens (tertiary/aromatic N) is 1. The predicted molar refractivity (Wildman–Crippen MR) is 59.2 cm³/mol. The molecule has 4 heteroatoms. The standard InChI is InChI=1S/C12H15NO3/c1-8(9-3-2-4-11(14)5-9)13-6-10(7-13)12(15)16/h2-5,8,10,14H,6-7H2,1H3,(H,15,16). The van der Waals surface area contributed by atoms with Crippen LogP contribution in [0.15, 0.2) is 24.3 Å². The fourth-order valence-electron chi connectivity index (χ4n) is 1.98. The van der Waals surface area contributed by atoms with Crippen molar-refractivity contribution in [1.29, 1.82) is 0 Å². The molecule has 2 rings (SSSR count). The van der Waals surface area contributed by atoms with Crippen molar-refractivity contribution in [2.45, 2.75) is 13.0 Å². The summed E-state index contributed by atoms with van der Waals surface area (Å²) in [6, 6.07) is 7.25. The molecule has 0 radical (unpaired) electrons. The average Bonchev–Trinajstić information content (AvgIpc) is 2.14. The number of hydrogen-bond acceptors (Lipinski definition) is 3. The van der Waals surface area contributed by atoms with Crippen LogP contribution in [0.4, 0.5) is 0 Å². The number of phenols is 1. The summed E-state index contributed by atoms with van der Waals surface area (Å²) in [6.45, 7) is 3.20. The van der Waals surface area contributed by atoms with E-state index in [1.165, 1.54) is 0 Å². The van der Waals surface area contributed by atoms with Crippen molar-refractivity contribution in [3.05, 3.63) is 29.8 Å². The fourth-order valence-corrected chi connectivity index (χ4v) is 1.98. The highest BCUT2D eigenvalue weighted by Crippen LogP contribution is 2.29. The molecule has 1 heterocycles. The predicted octanol–water partition coefficient (Wildman–Crippen LogP) is 1.47. The highest BCUT2D eigenvalue weighted by Gasteiger charge is 2.35. The van der Waals surface area contributed by atoms with Gasteiger partial charge in [-0.25, -0.2) is 0 Å². The molecular formula is C12H15NO3. The zero-order chi connectivity index (χ0) is 11.7. The molecule has 1 saturated heterocycles. The van der Waals surface area contributed by atoms with E-state index in [0.717, 1.165) is 5.56 Å². The number of hydrogen-bond donors (Lipinski definition) is 2. The summed E-state index contributed by atoms with van der Waals surface area (Å²) in [4.78, 5) is 12.8. The maximum absolute atomic E-state index is 10.7. The van der Waals surface area contributed by atoms with Gasteiger partial charge in [0.25, 0.3) is 0 Å². The molecule has 86 valence electrons. The smallest absolute Gasteiger partial charge is 0.309 e. The quantitative estimate of drug-likeness (QED) is 0.811. The second-order valence-electron chi connectivity index (χ2n) is 4.26. The van der Waals surface area contributed by atoms with Crippen LogP contribution in [0, 0.1) is 5.92 Å². The summed E-state index contributed by atoms with van der Waals surface area (Å²) < 4.78 is 0. The van der Waals surface area contributed by atoms with Crippen LogP contribution < -0.4 is 0 Å². The number of carboxylic acid groups (broad SMARTS) is 1. The van der Waals surface area contributed by atoms with E-state index in [0.29, 0.717) is 13.1 Å². The lowest BCUT2D eigenvalue weighted by Crippen LogP contribution is -2.51. The van der Waals surface area contributed by atoms with Crippen LogP contribution in [-0.2, 0) is 4.79 Å². The van der Waals surface area contributed by atoms with E-state index in [4.69, 9.17) is 5.11 Å². The van der Waals surface area contributed by atoms with Crippen LogP contribution in [0.3, 0.4) is 0 Å². The number of rotatable bonds is 3. The van der Waals surface area contributed by atoms with E-state index in [1.807, 2.05) is 13.0 Å². The topological polar surface area (TPSA) is 60.8 Å². The summed E-state index contributed by atoms with van der Waals surface area (Å²) in [7, 11) is 0. The molecule has 1 fully saturated rings. The van der Waals surface area contributed by atoms with Crippen LogP contribution in [-0.4, -0.2) is 34.2 Å². The van der Waals surface area contributed by atoms with Gasteiger partial charge in [-0.3, -0.25) is 9.69 Å². The highest BCUT2D eigenvalue weighted by molar-refractivity contribution is 5.71. The number of benzene rings is 1. The number of carbonyl (C=O) groups is 1. The Balaban J connectivity index is 2.00. The van der Waals surface area contributed by atoms with E-state index >= 15 is 0 Å². The van der Waals surface area contributed by atoms with Crippen LogP contribution in [0.25, 0.3) is 0 Å². The van der Waals surface area contributed by atoms with Gasteiger partial charge in [0.1, 0.15) is 5.75 Å². The van der Waals surface area contributed by atoms with Gasteiger partial charge in [0.15, 0.2) is 0 Å². The third-order valence-corrected chi connectivity index (χ3v) is 3.16. The minimum atomic E-state index is -0.723. The van der Waals surface area contributed by atoms with Gasteiger partial charge < -0.3 is 10.2 Å². The largest absolute Gasteiger partial charge is 0.508 e. The van der Waals surface area contributed by atoms with Gasteiger partial charge in [0.05, 0.1) is 5.92 Å². The minimum absolute atomic E-state index is 0.155. The van der Waals surface area contributed by atoms with Crippen molar-refractivity contribution in [3.63, 3.8) is 0 Å². The van der Waals surface area contributed by atoms with Crippen LogP contribution in [0.2, 0.25) is 0 Å². The molecule has 1 aliphatic rings. The first kappa shape index (κ1) is 11.0. The molecule has 1 aromatic carbocycles. The summed E-state index contributed by atoms with van der Waals surface area (Å²) in [5.74, 6) is -0.709. The Hall–Kier alpha value is -1.55. The maximum atomic E-state index is 10.7.